The molecule has 1 atom stereocenters. The third-order valence-corrected chi connectivity index (χ3v) is 6.53. The lowest BCUT2D eigenvalue weighted by Crippen LogP contribution is -2.55. The number of rotatable bonds is 3. The summed E-state index contributed by atoms with van der Waals surface area (Å²) in [5, 5.41) is 0. The lowest BCUT2D eigenvalue weighted by molar-refractivity contribution is -0.137. The maximum absolute atomic E-state index is 13.4. The SMILES string of the molecule is COc1ccc2c(c1)C(N1CCN(C(=O)OCc3ccccc3)C(C)C1)=Nc1cc(C(F)(F)F)ccc1O2. The normalized spacial score (nSPS) is 17.0. The van der Waals surface area contributed by atoms with Gasteiger partial charge in [0.25, 0.3) is 0 Å². The van der Waals surface area contributed by atoms with Crippen LogP contribution in [0.3, 0.4) is 0 Å². The molecule has 38 heavy (non-hydrogen) atoms. The van der Waals surface area contributed by atoms with Crippen LogP contribution >= 0.6 is 0 Å². The highest BCUT2D eigenvalue weighted by molar-refractivity contribution is 6.04. The third-order valence-electron chi connectivity index (χ3n) is 6.53. The van der Waals surface area contributed by atoms with Crippen LogP contribution in [0.2, 0.25) is 0 Å². The number of piperazine rings is 1. The van der Waals surface area contributed by atoms with Gasteiger partial charge in [-0.1, -0.05) is 30.3 Å². The molecule has 0 aromatic heterocycles. The number of hydrogen-bond acceptors (Lipinski definition) is 6. The van der Waals surface area contributed by atoms with Gasteiger partial charge in [-0.25, -0.2) is 9.79 Å². The number of fused-ring (bicyclic) bond motifs is 2. The zero-order valence-corrected chi connectivity index (χ0v) is 20.9. The van der Waals surface area contributed by atoms with Crippen LogP contribution in [-0.4, -0.2) is 54.5 Å². The van der Waals surface area contributed by atoms with E-state index in [1.807, 2.05) is 42.2 Å². The Morgan fingerprint density at radius 1 is 1.05 bits per heavy atom. The summed E-state index contributed by atoms with van der Waals surface area (Å²) in [5.41, 5.74) is 0.733. The van der Waals surface area contributed by atoms with Gasteiger partial charge in [-0.15, -0.1) is 0 Å². The second kappa shape index (κ2) is 10.3. The quantitative estimate of drug-likeness (QED) is 0.405. The average Bonchev–Trinajstić information content (AvgIpc) is 3.07. The Labute approximate surface area is 218 Å². The molecule has 3 aromatic rings. The van der Waals surface area contributed by atoms with Crippen molar-refractivity contribution >= 4 is 17.6 Å². The molecule has 2 heterocycles. The standard InChI is InChI=1S/C28H26F3N3O4/c1-18-16-33(12-13-34(18)27(35)37-17-19-6-4-3-5-7-19)26-22-15-21(36-2)9-11-24(22)38-25-10-8-20(28(29,30)31)14-23(25)32-26/h3-11,14-15,18H,12-13,16-17H2,1-2H3. The molecule has 1 unspecified atom stereocenters. The number of alkyl halides is 3. The smallest absolute Gasteiger partial charge is 0.416 e. The molecule has 3 aromatic carbocycles. The van der Waals surface area contributed by atoms with Crippen molar-refractivity contribution < 1.29 is 32.2 Å². The topological polar surface area (TPSA) is 63.6 Å². The average molecular weight is 526 g/mol. The summed E-state index contributed by atoms with van der Waals surface area (Å²) in [6.45, 7) is 3.20. The van der Waals surface area contributed by atoms with Gasteiger partial charge in [0.2, 0.25) is 0 Å². The van der Waals surface area contributed by atoms with Crippen molar-refractivity contribution in [2.75, 3.05) is 26.7 Å². The summed E-state index contributed by atoms with van der Waals surface area (Å²) in [6, 6.07) is 17.6. The second-order valence-electron chi connectivity index (χ2n) is 9.11. The number of amidine groups is 1. The van der Waals surface area contributed by atoms with E-state index >= 15 is 0 Å². The molecule has 10 heteroatoms. The van der Waals surface area contributed by atoms with E-state index in [1.54, 1.807) is 23.1 Å². The predicted octanol–water partition coefficient (Wildman–Crippen LogP) is 6.24. The van der Waals surface area contributed by atoms with E-state index < -0.39 is 17.8 Å². The fraction of sp³-hybridized carbons (Fsp3) is 0.286. The Morgan fingerprint density at radius 3 is 2.53 bits per heavy atom. The molecule has 1 fully saturated rings. The molecule has 0 aliphatic carbocycles. The Bertz CT molecular complexity index is 1360. The lowest BCUT2D eigenvalue weighted by atomic mass is 10.1. The molecule has 2 aliphatic rings. The Kier molecular flexibility index (Phi) is 6.88. The first-order valence-corrected chi connectivity index (χ1v) is 12.1. The molecule has 5 rings (SSSR count). The summed E-state index contributed by atoms with van der Waals surface area (Å²) in [7, 11) is 1.53. The number of hydrogen-bond donors (Lipinski definition) is 0. The van der Waals surface area contributed by atoms with Gasteiger partial charge in [0.05, 0.1) is 18.2 Å². The third kappa shape index (κ3) is 5.25. The minimum absolute atomic E-state index is 0.0716. The van der Waals surface area contributed by atoms with Crippen molar-refractivity contribution in [3.05, 3.63) is 83.4 Å². The number of carbonyl (C=O) groups excluding carboxylic acids is 1. The number of aliphatic imine (C=N–C) groups is 1. The van der Waals surface area contributed by atoms with Crippen LogP contribution < -0.4 is 9.47 Å². The summed E-state index contributed by atoms with van der Waals surface area (Å²) < 4.78 is 57.2. The molecule has 0 bridgehead atoms. The Morgan fingerprint density at radius 2 is 1.82 bits per heavy atom. The van der Waals surface area contributed by atoms with Gasteiger partial charge >= 0.3 is 12.3 Å². The molecule has 2 aliphatic heterocycles. The second-order valence-corrected chi connectivity index (χ2v) is 9.11. The molecule has 7 nitrogen and oxygen atoms in total. The molecule has 0 radical (unpaired) electrons. The molecular weight excluding hydrogens is 499 g/mol. The largest absolute Gasteiger partial charge is 0.497 e. The van der Waals surface area contributed by atoms with Gasteiger partial charge in [0.1, 0.15) is 29.6 Å². The van der Waals surface area contributed by atoms with Crippen molar-refractivity contribution in [3.8, 4) is 17.2 Å². The molecule has 1 amide bonds. The molecule has 0 saturated carbocycles. The predicted molar refractivity (Wildman–Crippen MR) is 135 cm³/mol. The van der Waals surface area contributed by atoms with Crippen LogP contribution in [-0.2, 0) is 17.5 Å². The van der Waals surface area contributed by atoms with E-state index in [0.29, 0.717) is 42.5 Å². The van der Waals surface area contributed by atoms with E-state index in [4.69, 9.17) is 14.2 Å². The summed E-state index contributed by atoms with van der Waals surface area (Å²) in [5.74, 6) is 1.66. The highest BCUT2D eigenvalue weighted by atomic mass is 19.4. The molecule has 0 N–H and O–H groups in total. The van der Waals surface area contributed by atoms with Gasteiger partial charge in [-0.05, 0) is 48.9 Å². The first-order chi connectivity index (χ1) is 18.2. The summed E-state index contributed by atoms with van der Waals surface area (Å²) >= 11 is 0. The molecular formula is C28H26F3N3O4. The van der Waals surface area contributed by atoms with E-state index in [0.717, 1.165) is 17.7 Å². The summed E-state index contributed by atoms with van der Waals surface area (Å²) in [4.78, 5) is 21.1. The number of halogens is 3. The number of carbonyl (C=O) groups is 1. The maximum Gasteiger partial charge on any atom is 0.416 e. The monoisotopic (exact) mass is 525 g/mol. The van der Waals surface area contributed by atoms with Crippen molar-refractivity contribution in [1.82, 2.24) is 9.80 Å². The zero-order chi connectivity index (χ0) is 26.9. The van der Waals surface area contributed by atoms with Gasteiger partial charge < -0.3 is 24.0 Å². The fourth-order valence-corrected chi connectivity index (χ4v) is 4.52. The van der Waals surface area contributed by atoms with E-state index in [1.165, 1.54) is 13.2 Å². The Balaban J connectivity index is 1.42. The zero-order valence-electron chi connectivity index (χ0n) is 20.9. The Hall–Kier alpha value is -4.21. The number of benzene rings is 3. The van der Waals surface area contributed by atoms with Crippen molar-refractivity contribution in [2.45, 2.75) is 25.7 Å². The van der Waals surface area contributed by atoms with Gasteiger partial charge in [0, 0.05) is 25.7 Å². The van der Waals surface area contributed by atoms with E-state index in [-0.39, 0.29) is 24.1 Å². The van der Waals surface area contributed by atoms with Crippen LogP contribution in [0.4, 0.5) is 23.7 Å². The number of amides is 1. The first kappa shape index (κ1) is 25.4. The van der Waals surface area contributed by atoms with Gasteiger partial charge in [-0.2, -0.15) is 13.2 Å². The molecule has 1 saturated heterocycles. The van der Waals surface area contributed by atoms with Crippen LogP contribution in [0, 0.1) is 0 Å². The van der Waals surface area contributed by atoms with Crippen molar-refractivity contribution in [1.29, 1.82) is 0 Å². The lowest BCUT2D eigenvalue weighted by Gasteiger charge is -2.40. The van der Waals surface area contributed by atoms with E-state index in [9.17, 15) is 18.0 Å². The van der Waals surface area contributed by atoms with Crippen LogP contribution in [0.25, 0.3) is 0 Å². The highest BCUT2D eigenvalue weighted by Crippen LogP contribution is 2.42. The summed E-state index contributed by atoms with van der Waals surface area (Å²) in [6.07, 6.45) is -4.94. The van der Waals surface area contributed by atoms with Gasteiger partial charge in [-0.3, -0.25) is 0 Å². The van der Waals surface area contributed by atoms with Gasteiger partial charge in [0.15, 0.2) is 5.75 Å². The van der Waals surface area contributed by atoms with Crippen LogP contribution in [0.15, 0.2) is 71.7 Å². The maximum atomic E-state index is 13.4. The minimum Gasteiger partial charge on any atom is -0.497 e. The van der Waals surface area contributed by atoms with Crippen molar-refractivity contribution in [3.63, 3.8) is 0 Å². The van der Waals surface area contributed by atoms with Crippen molar-refractivity contribution in [2.24, 2.45) is 4.99 Å². The molecule has 198 valence electrons. The number of nitrogens with zero attached hydrogens (tertiary/aromatic N) is 3. The highest BCUT2D eigenvalue weighted by Gasteiger charge is 2.34. The fourth-order valence-electron chi connectivity index (χ4n) is 4.52. The first-order valence-electron chi connectivity index (χ1n) is 12.1. The number of ether oxygens (including phenoxy) is 3. The number of methoxy groups -OCH3 is 1. The minimum atomic E-state index is -4.52. The van der Waals surface area contributed by atoms with E-state index in [2.05, 4.69) is 4.99 Å². The van der Waals surface area contributed by atoms with Crippen LogP contribution in [0.1, 0.15) is 23.6 Å². The van der Waals surface area contributed by atoms with Crippen LogP contribution in [0.5, 0.6) is 17.2 Å². The molecule has 0 spiro atoms.